The zero-order valence-electron chi connectivity index (χ0n) is 11.4. The van der Waals surface area contributed by atoms with Gasteiger partial charge in [-0.25, -0.2) is 4.79 Å². The fraction of sp³-hybridized carbons (Fsp3) is 0.188. The van der Waals surface area contributed by atoms with E-state index in [0.717, 1.165) is 16.7 Å². The van der Waals surface area contributed by atoms with E-state index >= 15 is 0 Å². The molecule has 0 aliphatic rings. The highest BCUT2D eigenvalue weighted by molar-refractivity contribution is 6.33. The number of benzene rings is 2. The molecule has 0 heterocycles. The summed E-state index contributed by atoms with van der Waals surface area (Å²) in [6.45, 7) is 4.20. The van der Waals surface area contributed by atoms with Crippen LogP contribution in [-0.4, -0.2) is 5.97 Å². The number of anilines is 1. The first-order valence-corrected chi connectivity index (χ1v) is 6.63. The molecule has 0 saturated carbocycles. The van der Waals surface area contributed by atoms with Gasteiger partial charge in [0.1, 0.15) is 6.61 Å². The van der Waals surface area contributed by atoms with E-state index in [1.165, 1.54) is 6.07 Å². The minimum absolute atomic E-state index is 0.220. The highest BCUT2D eigenvalue weighted by Gasteiger charge is 2.13. The monoisotopic (exact) mass is 289 g/mol. The summed E-state index contributed by atoms with van der Waals surface area (Å²) in [5, 5.41) is 0.338. The number of aryl methyl sites for hydroxylation is 2. The summed E-state index contributed by atoms with van der Waals surface area (Å²) in [6, 6.07) is 10.8. The maximum Gasteiger partial charge on any atom is 0.340 e. The third-order valence-electron chi connectivity index (χ3n) is 3.07. The van der Waals surface area contributed by atoms with E-state index in [2.05, 4.69) is 0 Å². The highest BCUT2D eigenvalue weighted by atomic mass is 35.5. The van der Waals surface area contributed by atoms with Crippen LogP contribution in [0.2, 0.25) is 5.02 Å². The van der Waals surface area contributed by atoms with Crippen LogP contribution in [0.15, 0.2) is 36.4 Å². The van der Waals surface area contributed by atoms with Crippen molar-refractivity contribution in [3.8, 4) is 0 Å². The van der Waals surface area contributed by atoms with Gasteiger partial charge < -0.3 is 10.5 Å². The van der Waals surface area contributed by atoms with Crippen LogP contribution in [-0.2, 0) is 11.3 Å². The van der Waals surface area contributed by atoms with Crippen molar-refractivity contribution in [1.29, 1.82) is 0 Å². The lowest BCUT2D eigenvalue weighted by molar-refractivity contribution is 0.0472. The van der Waals surface area contributed by atoms with Crippen LogP contribution in [0.4, 0.5) is 5.69 Å². The van der Waals surface area contributed by atoms with E-state index in [9.17, 15) is 4.79 Å². The molecule has 0 aromatic heterocycles. The average Bonchev–Trinajstić information content (AvgIpc) is 2.42. The Morgan fingerprint density at radius 2 is 1.95 bits per heavy atom. The molecule has 0 saturated heterocycles. The minimum atomic E-state index is -0.469. The molecular formula is C16H16ClNO2. The summed E-state index contributed by atoms with van der Waals surface area (Å²) in [5.41, 5.74) is 9.62. The fourth-order valence-corrected chi connectivity index (χ4v) is 2.07. The molecule has 0 fully saturated rings. The Morgan fingerprint density at radius 3 is 2.70 bits per heavy atom. The van der Waals surface area contributed by atoms with Gasteiger partial charge in [0.05, 0.1) is 10.6 Å². The van der Waals surface area contributed by atoms with E-state index < -0.39 is 5.97 Å². The van der Waals surface area contributed by atoms with Crippen molar-refractivity contribution in [2.75, 3.05) is 5.73 Å². The number of nitrogen functional groups attached to an aromatic ring is 1. The summed E-state index contributed by atoms with van der Waals surface area (Å²) < 4.78 is 5.31. The van der Waals surface area contributed by atoms with E-state index in [4.69, 9.17) is 22.1 Å². The fourth-order valence-electron chi connectivity index (χ4n) is 1.88. The smallest absolute Gasteiger partial charge is 0.340 e. The molecule has 2 rings (SSSR count). The van der Waals surface area contributed by atoms with Crippen molar-refractivity contribution < 1.29 is 9.53 Å². The predicted molar refractivity (Wildman–Crippen MR) is 80.9 cm³/mol. The molecule has 2 N–H and O–H groups in total. The highest BCUT2D eigenvalue weighted by Crippen LogP contribution is 2.20. The van der Waals surface area contributed by atoms with Crippen LogP contribution in [0.3, 0.4) is 0 Å². The van der Waals surface area contributed by atoms with Gasteiger partial charge in [0.15, 0.2) is 0 Å². The Labute approximate surface area is 123 Å². The first kappa shape index (κ1) is 14.4. The van der Waals surface area contributed by atoms with Gasteiger partial charge in [-0.1, -0.05) is 35.4 Å². The zero-order chi connectivity index (χ0) is 14.7. The number of halogens is 1. The van der Waals surface area contributed by atoms with Crippen LogP contribution in [0, 0.1) is 13.8 Å². The first-order chi connectivity index (χ1) is 9.47. The average molecular weight is 290 g/mol. The molecule has 0 amide bonds. The van der Waals surface area contributed by atoms with Crippen LogP contribution < -0.4 is 5.73 Å². The maximum absolute atomic E-state index is 12.0. The lowest BCUT2D eigenvalue weighted by Crippen LogP contribution is -2.07. The van der Waals surface area contributed by atoms with Gasteiger partial charge in [-0.15, -0.1) is 0 Å². The van der Waals surface area contributed by atoms with Crippen molar-refractivity contribution >= 4 is 23.3 Å². The zero-order valence-corrected chi connectivity index (χ0v) is 12.2. The molecule has 0 unspecified atom stereocenters. The van der Waals surface area contributed by atoms with E-state index in [-0.39, 0.29) is 12.2 Å². The third-order valence-corrected chi connectivity index (χ3v) is 3.40. The second-order valence-electron chi connectivity index (χ2n) is 4.75. The number of nitrogens with two attached hydrogens (primary N) is 1. The topological polar surface area (TPSA) is 52.3 Å². The normalized spacial score (nSPS) is 10.3. The molecule has 0 atom stereocenters. The van der Waals surface area contributed by atoms with Gasteiger partial charge in [0.25, 0.3) is 0 Å². The molecule has 2 aromatic carbocycles. The summed E-state index contributed by atoms with van der Waals surface area (Å²) in [7, 11) is 0. The van der Waals surface area contributed by atoms with Crippen LogP contribution >= 0.6 is 11.6 Å². The minimum Gasteiger partial charge on any atom is -0.457 e. The van der Waals surface area contributed by atoms with Crippen LogP contribution in [0.1, 0.15) is 27.0 Å². The van der Waals surface area contributed by atoms with E-state index in [0.29, 0.717) is 10.7 Å². The Kier molecular flexibility index (Phi) is 4.30. The van der Waals surface area contributed by atoms with Crippen molar-refractivity contribution in [1.82, 2.24) is 0 Å². The summed E-state index contributed by atoms with van der Waals surface area (Å²) in [5.74, 6) is -0.469. The van der Waals surface area contributed by atoms with Crippen LogP contribution in [0.5, 0.6) is 0 Å². The Bertz CT molecular complexity index is 653. The Hall–Kier alpha value is -2.00. The molecule has 104 valence electrons. The number of carbonyl (C=O) groups excluding carboxylic acids is 1. The molecule has 4 heteroatoms. The van der Waals surface area contributed by atoms with Crippen LogP contribution in [0.25, 0.3) is 0 Å². The summed E-state index contributed by atoms with van der Waals surface area (Å²) >= 11 is 5.97. The molecule has 3 nitrogen and oxygen atoms in total. The maximum atomic E-state index is 12.0. The summed E-state index contributed by atoms with van der Waals surface area (Å²) in [6.07, 6.45) is 0. The van der Waals surface area contributed by atoms with Gasteiger partial charge in [-0.2, -0.15) is 0 Å². The molecule has 0 radical (unpaired) electrons. The first-order valence-electron chi connectivity index (χ1n) is 6.25. The predicted octanol–water partition coefficient (Wildman–Crippen LogP) is 3.90. The molecular weight excluding hydrogens is 274 g/mol. The molecule has 0 aliphatic carbocycles. The number of carbonyl (C=O) groups is 1. The molecule has 0 spiro atoms. The number of hydrogen-bond donors (Lipinski definition) is 1. The molecule has 0 bridgehead atoms. The van der Waals surface area contributed by atoms with Gasteiger partial charge in [0, 0.05) is 5.69 Å². The van der Waals surface area contributed by atoms with Gasteiger partial charge in [0.2, 0.25) is 0 Å². The second-order valence-corrected chi connectivity index (χ2v) is 5.15. The third kappa shape index (κ3) is 3.31. The molecule has 0 aliphatic heterocycles. The second kappa shape index (κ2) is 5.97. The largest absolute Gasteiger partial charge is 0.457 e. The standard InChI is InChI=1S/C16H16ClNO2/c1-10-3-4-11(2)12(7-10)9-20-16(19)14-8-13(18)5-6-15(14)17/h3-8H,9,18H2,1-2H3. The van der Waals surface area contributed by atoms with E-state index in [1.54, 1.807) is 12.1 Å². The van der Waals surface area contributed by atoms with Gasteiger partial charge >= 0.3 is 5.97 Å². The Balaban J connectivity index is 2.12. The quantitative estimate of drug-likeness (QED) is 0.689. The number of ether oxygens (including phenoxy) is 1. The van der Waals surface area contributed by atoms with Crippen molar-refractivity contribution in [3.63, 3.8) is 0 Å². The van der Waals surface area contributed by atoms with Crippen molar-refractivity contribution in [2.24, 2.45) is 0 Å². The summed E-state index contributed by atoms with van der Waals surface area (Å²) in [4.78, 5) is 12.0. The number of rotatable bonds is 3. The Morgan fingerprint density at radius 1 is 1.20 bits per heavy atom. The molecule has 20 heavy (non-hydrogen) atoms. The lowest BCUT2D eigenvalue weighted by Gasteiger charge is -2.09. The van der Waals surface area contributed by atoms with Gasteiger partial charge in [-0.3, -0.25) is 0 Å². The number of hydrogen-bond acceptors (Lipinski definition) is 3. The lowest BCUT2D eigenvalue weighted by atomic mass is 10.1. The number of esters is 1. The van der Waals surface area contributed by atoms with Gasteiger partial charge in [-0.05, 0) is 43.2 Å². The molecule has 2 aromatic rings. The van der Waals surface area contributed by atoms with E-state index in [1.807, 2.05) is 32.0 Å². The SMILES string of the molecule is Cc1ccc(C)c(COC(=O)c2cc(N)ccc2Cl)c1. The van der Waals surface area contributed by atoms with Crippen molar-refractivity contribution in [2.45, 2.75) is 20.5 Å². The van der Waals surface area contributed by atoms with Crippen molar-refractivity contribution in [3.05, 3.63) is 63.7 Å².